The van der Waals surface area contributed by atoms with Crippen LogP contribution in [-0.2, 0) is 0 Å². The third kappa shape index (κ3) is 3.20. The van der Waals surface area contributed by atoms with Crippen molar-refractivity contribution < 1.29 is 4.39 Å². The quantitative estimate of drug-likeness (QED) is 0.730. The van der Waals surface area contributed by atoms with E-state index in [1.54, 1.807) is 30.0 Å². The van der Waals surface area contributed by atoms with Crippen molar-refractivity contribution in [1.82, 2.24) is 0 Å². The van der Waals surface area contributed by atoms with Crippen molar-refractivity contribution >= 4 is 23.1 Å². The first-order valence-electron chi connectivity index (χ1n) is 6.90. The van der Waals surface area contributed by atoms with Crippen LogP contribution in [0.25, 0.3) is 0 Å². The molecule has 2 aromatic rings. The van der Waals surface area contributed by atoms with Crippen LogP contribution in [0.15, 0.2) is 47.4 Å². The number of hydrogen-bond acceptors (Lipinski definition) is 3. The molecule has 0 amide bonds. The van der Waals surface area contributed by atoms with Gasteiger partial charge in [-0.15, -0.1) is 11.8 Å². The van der Waals surface area contributed by atoms with Crippen LogP contribution >= 0.6 is 11.8 Å². The van der Waals surface area contributed by atoms with Crippen LogP contribution in [0.1, 0.15) is 19.4 Å². The molecule has 108 valence electrons. The largest absolute Gasteiger partial charge is 0.338 e. The van der Waals surface area contributed by atoms with Crippen molar-refractivity contribution in [2.75, 3.05) is 17.2 Å². The van der Waals surface area contributed by atoms with E-state index in [0.29, 0.717) is 17.8 Å². The van der Waals surface area contributed by atoms with E-state index in [4.69, 9.17) is 0 Å². The summed E-state index contributed by atoms with van der Waals surface area (Å²) in [5, 5.41) is 9.50. The number of halogens is 1. The van der Waals surface area contributed by atoms with Crippen LogP contribution in [0.2, 0.25) is 0 Å². The maximum Gasteiger partial charge on any atom is 0.146 e. The molecule has 0 fully saturated rings. The van der Waals surface area contributed by atoms with Crippen molar-refractivity contribution in [2.45, 2.75) is 18.7 Å². The maximum atomic E-state index is 14.1. The van der Waals surface area contributed by atoms with Gasteiger partial charge in [0.15, 0.2) is 0 Å². The van der Waals surface area contributed by atoms with Gasteiger partial charge in [-0.3, -0.25) is 0 Å². The predicted octanol–water partition coefficient (Wildman–Crippen LogP) is 4.97. The van der Waals surface area contributed by atoms with Crippen LogP contribution < -0.4 is 4.90 Å². The maximum absolute atomic E-state index is 14.1. The minimum Gasteiger partial charge on any atom is -0.338 e. The molecule has 2 aromatic carbocycles. The normalized spacial score (nSPS) is 10.2. The number of anilines is 2. The van der Waals surface area contributed by atoms with Crippen LogP contribution in [-0.4, -0.2) is 12.3 Å². The van der Waals surface area contributed by atoms with E-state index in [-0.39, 0.29) is 5.82 Å². The number of benzene rings is 2. The summed E-state index contributed by atoms with van der Waals surface area (Å²) in [7, 11) is 0. The zero-order valence-corrected chi connectivity index (χ0v) is 13.0. The molecule has 0 saturated heterocycles. The third-order valence-electron chi connectivity index (χ3n) is 3.17. The van der Waals surface area contributed by atoms with Gasteiger partial charge in [0, 0.05) is 11.4 Å². The molecule has 0 saturated carbocycles. The van der Waals surface area contributed by atoms with E-state index in [9.17, 15) is 9.65 Å². The molecule has 21 heavy (non-hydrogen) atoms. The van der Waals surface area contributed by atoms with Gasteiger partial charge < -0.3 is 4.90 Å². The molecular formula is C17H17FN2S. The molecule has 2 nitrogen and oxygen atoms in total. The molecule has 0 aromatic heterocycles. The van der Waals surface area contributed by atoms with Crippen molar-refractivity contribution in [3.63, 3.8) is 0 Å². The molecule has 0 unspecified atom stereocenters. The zero-order valence-electron chi connectivity index (χ0n) is 12.1. The highest BCUT2D eigenvalue weighted by Crippen LogP contribution is 2.34. The molecule has 0 spiro atoms. The summed E-state index contributed by atoms with van der Waals surface area (Å²) < 4.78 is 14.1. The van der Waals surface area contributed by atoms with Crippen molar-refractivity contribution in [2.24, 2.45) is 0 Å². The number of nitrogens with zero attached hydrogens (tertiary/aromatic N) is 2. The van der Waals surface area contributed by atoms with E-state index in [1.807, 2.05) is 36.9 Å². The Kier molecular flexibility index (Phi) is 5.24. The fourth-order valence-electron chi connectivity index (χ4n) is 2.27. The molecule has 0 aliphatic carbocycles. The van der Waals surface area contributed by atoms with E-state index < -0.39 is 0 Å². The Labute approximate surface area is 129 Å². The number of rotatable bonds is 5. The summed E-state index contributed by atoms with van der Waals surface area (Å²) in [6.45, 7) is 4.59. The highest BCUT2D eigenvalue weighted by Gasteiger charge is 2.17. The summed E-state index contributed by atoms with van der Waals surface area (Å²) in [6.07, 6.45) is 0. The van der Waals surface area contributed by atoms with Gasteiger partial charge in [-0.2, -0.15) is 5.26 Å². The smallest absolute Gasteiger partial charge is 0.146 e. The molecule has 0 bridgehead atoms. The van der Waals surface area contributed by atoms with Crippen molar-refractivity contribution in [3.05, 3.63) is 53.8 Å². The Bertz CT molecular complexity index is 664. The number of hydrogen-bond donors (Lipinski definition) is 0. The van der Waals surface area contributed by atoms with Gasteiger partial charge >= 0.3 is 0 Å². The Balaban J connectivity index is 2.56. The SMILES string of the molecule is CCSc1cccc(N(CC)c2ccccc2F)c1C#N. The molecular weight excluding hydrogens is 283 g/mol. The summed E-state index contributed by atoms with van der Waals surface area (Å²) in [6, 6.07) is 14.6. The van der Waals surface area contributed by atoms with Gasteiger partial charge in [0.1, 0.15) is 11.9 Å². The molecule has 0 radical (unpaired) electrons. The first-order chi connectivity index (χ1) is 10.2. The van der Waals surface area contributed by atoms with Gasteiger partial charge in [-0.1, -0.05) is 25.1 Å². The molecule has 0 aliphatic rings. The predicted molar refractivity (Wildman–Crippen MR) is 86.6 cm³/mol. The summed E-state index contributed by atoms with van der Waals surface area (Å²) in [5.74, 6) is 0.612. The van der Waals surface area contributed by atoms with Crippen molar-refractivity contribution in [3.8, 4) is 6.07 Å². The highest BCUT2D eigenvalue weighted by atomic mass is 32.2. The Hall–Kier alpha value is -1.99. The first-order valence-corrected chi connectivity index (χ1v) is 7.89. The zero-order chi connectivity index (χ0) is 15.2. The standard InChI is InChI=1S/C17H17FN2S/c1-3-20(16-9-6-5-8-14(16)18)15-10-7-11-17(21-4-2)13(15)12-19/h5-11H,3-4H2,1-2H3. The lowest BCUT2D eigenvalue weighted by atomic mass is 10.1. The minimum atomic E-state index is -0.281. The van der Waals surface area contributed by atoms with Crippen LogP contribution in [0.4, 0.5) is 15.8 Å². The van der Waals surface area contributed by atoms with E-state index >= 15 is 0 Å². The molecule has 4 heteroatoms. The second-order valence-electron chi connectivity index (χ2n) is 4.39. The first kappa shape index (κ1) is 15.4. The second-order valence-corrected chi connectivity index (χ2v) is 5.70. The van der Waals surface area contributed by atoms with E-state index in [0.717, 1.165) is 16.3 Å². The van der Waals surface area contributed by atoms with Crippen molar-refractivity contribution in [1.29, 1.82) is 5.26 Å². The number of nitriles is 1. The Morgan fingerprint density at radius 1 is 1.10 bits per heavy atom. The van der Waals surface area contributed by atoms with Gasteiger partial charge in [0.2, 0.25) is 0 Å². The average Bonchev–Trinajstić information content (AvgIpc) is 2.50. The fourth-order valence-corrected chi connectivity index (χ4v) is 3.05. The molecule has 0 N–H and O–H groups in total. The lowest BCUT2D eigenvalue weighted by Crippen LogP contribution is -2.18. The second kappa shape index (κ2) is 7.14. The summed E-state index contributed by atoms with van der Waals surface area (Å²) >= 11 is 1.63. The molecule has 2 rings (SSSR count). The Morgan fingerprint density at radius 2 is 1.81 bits per heavy atom. The van der Waals surface area contributed by atoms with E-state index in [1.165, 1.54) is 6.07 Å². The van der Waals surface area contributed by atoms with Gasteiger partial charge in [0.05, 0.1) is 16.9 Å². The Morgan fingerprint density at radius 3 is 2.43 bits per heavy atom. The monoisotopic (exact) mass is 300 g/mol. The summed E-state index contributed by atoms with van der Waals surface area (Å²) in [5.41, 5.74) is 1.85. The van der Waals surface area contributed by atoms with Crippen LogP contribution in [0, 0.1) is 17.1 Å². The third-order valence-corrected chi connectivity index (χ3v) is 4.11. The van der Waals surface area contributed by atoms with E-state index in [2.05, 4.69) is 6.07 Å². The molecule has 0 atom stereocenters. The number of thioether (sulfide) groups is 1. The van der Waals surface area contributed by atoms with Gasteiger partial charge in [0.25, 0.3) is 0 Å². The van der Waals surface area contributed by atoms with Gasteiger partial charge in [-0.05, 0) is 36.9 Å². The number of para-hydroxylation sites is 1. The van der Waals surface area contributed by atoms with Crippen LogP contribution in [0.3, 0.4) is 0 Å². The topological polar surface area (TPSA) is 27.0 Å². The summed E-state index contributed by atoms with van der Waals surface area (Å²) in [4.78, 5) is 2.78. The highest BCUT2D eigenvalue weighted by molar-refractivity contribution is 7.99. The minimum absolute atomic E-state index is 0.281. The molecule has 0 aliphatic heterocycles. The molecule has 0 heterocycles. The average molecular weight is 300 g/mol. The van der Waals surface area contributed by atoms with Crippen LogP contribution in [0.5, 0.6) is 0 Å². The lowest BCUT2D eigenvalue weighted by molar-refractivity contribution is 0.625. The van der Waals surface area contributed by atoms with Gasteiger partial charge in [-0.25, -0.2) is 4.39 Å². The lowest BCUT2D eigenvalue weighted by Gasteiger charge is -2.25. The fraction of sp³-hybridized carbons (Fsp3) is 0.235.